The highest BCUT2D eigenvalue weighted by molar-refractivity contribution is 7.13. The van der Waals surface area contributed by atoms with Crippen molar-refractivity contribution in [3.05, 3.63) is 35.0 Å². The minimum Gasteiger partial charge on any atom is -0.369 e. The Morgan fingerprint density at radius 1 is 1.47 bits per heavy atom. The summed E-state index contributed by atoms with van der Waals surface area (Å²) in [5.41, 5.74) is 6.71. The average molecular weight is 248 g/mol. The predicted molar refractivity (Wildman–Crippen MR) is 67.3 cm³/mol. The SMILES string of the molecule is Cc1cccc(Nc2nc(CC(N)=O)cs2)n1. The van der Waals surface area contributed by atoms with E-state index < -0.39 is 0 Å². The number of rotatable bonds is 4. The largest absolute Gasteiger partial charge is 0.369 e. The van der Waals surface area contributed by atoms with Gasteiger partial charge in [-0.25, -0.2) is 9.97 Å². The molecule has 0 saturated heterocycles. The maximum atomic E-state index is 10.7. The number of aryl methyl sites for hydroxylation is 1. The third-order valence-electron chi connectivity index (χ3n) is 2.03. The van der Waals surface area contributed by atoms with E-state index in [4.69, 9.17) is 5.73 Å². The first kappa shape index (κ1) is 11.5. The summed E-state index contributed by atoms with van der Waals surface area (Å²) in [4.78, 5) is 19.3. The molecule has 88 valence electrons. The minimum absolute atomic E-state index is 0.166. The zero-order valence-corrected chi connectivity index (χ0v) is 10.1. The van der Waals surface area contributed by atoms with Crippen molar-refractivity contribution in [1.82, 2.24) is 9.97 Å². The van der Waals surface area contributed by atoms with Gasteiger partial charge in [0.05, 0.1) is 12.1 Å². The van der Waals surface area contributed by atoms with Crippen molar-refractivity contribution in [2.24, 2.45) is 5.73 Å². The lowest BCUT2D eigenvalue weighted by molar-refractivity contribution is -0.117. The summed E-state index contributed by atoms with van der Waals surface area (Å²) in [6, 6.07) is 5.70. The van der Waals surface area contributed by atoms with Crippen LogP contribution >= 0.6 is 11.3 Å². The smallest absolute Gasteiger partial charge is 0.223 e. The van der Waals surface area contributed by atoms with Gasteiger partial charge in [-0.05, 0) is 19.1 Å². The molecule has 2 rings (SSSR count). The topological polar surface area (TPSA) is 80.9 Å². The lowest BCUT2D eigenvalue weighted by Crippen LogP contribution is -2.13. The summed E-state index contributed by atoms with van der Waals surface area (Å²) >= 11 is 1.42. The average Bonchev–Trinajstić information content (AvgIpc) is 2.64. The van der Waals surface area contributed by atoms with Crippen LogP contribution in [0.2, 0.25) is 0 Å². The minimum atomic E-state index is -0.379. The second-order valence-corrected chi connectivity index (χ2v) is 4.43. The molecule has 5 nitrogen and oxygen atoms in total. The van der Waals surface area contributed by atoms with Crippen molar-refractivity contribution >= 4 is 28.2 Å². The van der Waals surface area contributed by atoms with E-state index in [1.807, 2.05) is 30.5 Å². The summed E-state index contributed by atoms with van der Waals surface area (Å²) < 4.78 is 0. The predicted octanol–water partition coefficient (Wildman–Crippen LogP) is 1.62. The molecule has 0 saturated carbocycles. The first-order valence-electron chi connectivity index (χ1n) is 5.07. The molecule has 6 heteroatoms. The van der Waals surface area contributed by atoms with Gasteiger partial charge in [-0.2, -0.15) is 0 Å². The Kier molecular flexibility index (Phi) is 3.34. The van der Waals surface area contributed by atoms with Crippen LogP contribution in [0.25, 0.3) is 0 Å². The number of hydrogen-bond donors (Lipinski definition) is 2. The van der Waals surface area contributed by atoms with Crippen molar-refractivity contribution < 1.29 is 4.79 Å². The van der Waals surface area contributed by atoms with Gasteiger partial charge < -0.3 is 11.1 Å². The Morgan fingerprint density at radius 2 is 2.29 bits per heavy atom. The van der Waals surface area contributed by atoms with Crippen LogP contribution in [0, 0.1) is 6.92 Å². The van der Waals surface area contributed by atoms with Crippen LogP contribution in [0.4, 0.5) is 10.9 Å². The molecule has 2 aromatic heterocycles. The molecule has 0 spiro atoms. The fourth-order valence-electron chi connectivity index (χ4n) is 1.35. The second-order valence-electron chi connectivity index (χ2n) is 3.58. The van der Waals surface area contributed by atoms with E-state index >= 15 is 0 Å². The van der Waals surface area contributed by atoms with Crippen LogP contribution in [-0.2, 0) is 11.2 Å². The summed E-state index contributed by atoms with van der Waals surface area (Å²) in [5, 5.41) is 5.60. The maximum absolute atomic E-state index is 10.7. The molecule has 3 N–H and O–H groups in total. The van der Waals surface area contributed by atoms with Crippen LogP contribution < -0.4 is 11.1 Å². The molecule has 0 aliphatic heterocycles. The summed E-state index contributed by atoms with van der Waals surface area (Å²) in [7, 11) is 0. The van der Waals surface area contributed by atoms with Crippen molar-refractivity contribution in [2.75, 3.05) is 5.32 Å². The lowest BCUT2D eigenvalue weighted by atomic mass is 10.3. The van der Waals surface area contributed by atoms with Crippen LogP contribution in [0.5, 0.6) is 0 Å². The molecule has 2 aromatic rings. The van der Waals surface area contributed by atoms with Crippen molar-refractivity contribution in [3.63, 3.8) is 0 Å². The maximum Gasteiger partial charge on any atom is 0.223 e. The summed E-state index contributed by atoms with van der Waals surface area (Å²) in [5.74, 6) is 0.362. The van der Waals surface area contributed by atoms with Gasteiger partial charge in [0, 0.05) is 11.1 Å². The number of thiazole rings is 1. The molecule has 0 aliphatic rings. The van der Waals surface area contributed by atoms with Crippen LogP contribution in [0.3, 0.4) is 0 Å². The molecule has 0 radical (unpaired) electrons. The molecule has 0 aromatic carbocycles. The molecule has 1 amide bonds. The standard InChI is InChI=1S/C11H12N4OS/c1-7-3-2-4-10(13-7)15-11-14-8(6-17-11)5-9(12)16/h2-4,6H,5H2,1H3,(H2,12,16)(H,13,14,15). The highest BCUT2D eigenvalue weighted by atomic mass is 32.1. The number of anilines is 2. The summed E-state index contributed by atoms with van der Waals surface area (Å²) in [6.07, 6.45) is 0.166. The van der Waals surface area contributed by atoms with Gasteiger partial charge in [0.15, 0.2) is 5.13 Å². The molecule has 0 aliphatic carbocycles. The number of pyridine rings is 1. The van der Waals surface area contributed by atoms with Gasteiger partial charge in [0.2, 0.25) is 5.91 Å². The number of carbonyl (C=O) groups excluding carboxylic acids is 1. The van der Waals surface area contributed by atoms with Crippen LogP contribution in [0.15, 0.2) is 23.6 Å². The Hall–Kier alpha value is -1.95. The molecule has 17 heavy (non-hydrogen) atoms. The van der Waals surface area contributed by atoms with Crippen LogP contribution in [-0.4, -0.2) is 15.9 Å². The normalized spacial score (nSPS) is 10.2. The van der Waals surface area contributed by atoms with E-state index in [1.54, 1.807) is 0 Å². The Labute approximate surface area is 103 Å². The molecule has 0 fully saturated rings. The highest BCUT2D eigenvalue weighted by Crippen LogP contribution is 2.19. The van der Waals surface area contributed by atoms with Gasteiger partial charge in [0.1, 0.15) is 5.82 Å². The molecule has 2 heterocycles. The van der Waals surface area contributed by atoms with E-state index in [9.17, 15) is 4.79 Å². The Morgan fingerprint density at radius 3 is 3.00 bits per heavy atom. The van der Waals surface area contributed by atoms with Gasteiger partial charge in [-0.1, -0.05) is 6.07 Å². The molecule has 0 atom stereocenters. The monoisotopic (exact) mass is 248 g/mol. The number of nitrogens with two attached hydrogens (primary N) is 1. The number of carbonyl (C=O) groups is 1. The molecular weight excluding hydrogens is 236 g/mol. The number of amides is 1. The third kappa shape index (κ3) is 3.25. The van der Waals surface area contributed by atoms with Crippen LogP contribution in [0.1, 0.15) is 11.4 Å². The first-order valence-corrected chi connectivity index (χ1v) is 5.95. The van der Waals surface area contributed by atoms with E-state index in [1.165, 1.54) is 11.3 Å². The number of primary amides is 1. The first-order chi connectivity index (χ1) is 8.13. The fourth-order valence-corrected chi connectivity index (χ4v) is 2.06. The van der Waals surface area contributed by atoms with E-state index in [2.05, 4.69) is 15.3 Å². The van der Waals surface area contributed by atoms with E-state index in [0.717, 1.165) is 11.5 Å². The van der Waals surface area contributed by atoms with Gasteiger partial charge in [-0.3, -0.25) is 4.79 Å². The fraction of sp³-hybridized carbons (Fsp3) is 0.182. The van der Waals surface area contributed by atoms with E-state index in [-0.39, 0.29) is 12.3 Å². The number of nitrogens with one attached hydrogen (secondary N) is 1. The highest BCUT2D eigenvalue weighted by Gasteiger charge is 2.05. The quantitative estimate of drug-likeness (QED) is 0.861. The Bertz CT molecular complexity index is 538. The number of nitrogens with zero attached hydrogens (tertiary/aromatic N) is 2. The molecular formula is C11H12N4OS. The lowest BCUT2D eigenvalue weighted by Gasteiger charge is -2.01. The molecule has 0 unspecified atom stereocenters. The number of hydrogen-bond acceptors (Lipinski definition) is 5. The van der Waals surface area contributed by atoms with Crippen molar-refractivity contribution in [3.8, 4) is 0 Å². The van der Waals surface area contributed by atoms with Gasteiger partial charge in [-0.15, -0.1) is 11.3 Å². The second kappa shape index (κ2) is 4.92. The summed E-state index contributed by atoms with van der Waals surface area (Å²) in [6.45, 7) is 1.92. The third-order valence-corrected chi connectivity index (χ3v) is 2.84. The zero-order chi connectivity index (χ0) is 12.3. The van der Waals surface area contributed by atoms with E-state index in [0.29, 0.717) is 10.8 Å². The van der Waals surface area contributed by atoms with Gasteiger partial charge >= 0.3 is 0 Å². The number of aromatic nitrogens is 2. The van der Waals surface area contributed by atoms with Crippen molar-refractivity contribution in [2.45, 2.75) is 13.3 Å². The Balaban J connectivity index is 2.08. The van der Waals surface area contributed by atoms with Gasteiger partial charge in [0.25, 0.3) is 0 Å². The zero-order valence-electron chi connectivity index (χ0n) is 9.30. The van der Waals surface area contributed by atoms with Crippen molar-refractivity contribution in [1.29, 1.82) is 0 Å². The molecule has 0 bridgehead atoms.